The fraction of sp³-hybridized carbons (Fsp3) is 0.176. The Balaban J connectivity index is 1.72. The minimum absolute atomic E-state index is 0.604. The fourth-order valence-electron chi connectivity index (χ4n) is 1.75. The molecule has 0 heterocycles. The molecule has 0 amide bonds. The van der Waals surface area contributed by atoms with E-state index in [1.807, 2.05) is 54.6 Å². The van der Waals surface area contributed by atoms with E-state index in [-0.39, 0.29) is 0 Å². The first-order valence-electron chi connectivity index (χ1n) is 6.45. The number of rotatable bonds is 6. The number of likely N-dealkylation sites (N-methyl/N-ethyl adjacent to an activating group) is 1. The Hall–Kier alpha value is -2.22. The molecule has 2 aromatic rings. The summed E-state index contributed by atoms with van der Waals surface area (Å²) in [6, 6.07) is 20.2. The molecule has 0 spiro atoms. The molecule has 0 saturated heterocycles. The third-order valence-electron chi connectivity index (χ3n) is 2.83. The second kappa shape index (κ2) is 7.27. The number of benzene rings is 2. The number of ether oxygens (including phenoxy) is 1. The van der Waals surface area contributed by atoms with Crippen molar-refractivity contribution in [2.45, 2.75) is 0 Å². The van der Waals surface area contributed by atoms with Crippen LogP contribution in [-0.4, -0.2) is 20.2 Å². The van der Waals surface area contributed by atoms with Gasteiger partial charge in [0, 0.05) is 19.3 Å². The van der Waals surface area contributed by atoms with E-state index in [2.05, 4.69) is 30.2 Å². The maximum Gasteiger partial charge on any atom is 0.119 e. The molecule has 0 aliphatic heterocycles. The van der Waals surface area contributed by atoms with Crippen LogP contribution in [0.2, 0.25) is 0 Å². The maximum atomic E-state index is 5.59. The average Bonchev–Trinajstić information content (AvgIpc) is 2.49. The van der Waals surface area contributed by atoms with Gasteiger partial charge >= 0.3 is 0 Å². The van der Waals surface area contributed by atoms with Gasteiger partial charge in [-0.15, -0.1) is 0 Å². The second-order valence-electron chi connectivity index (χ2n) is 4.31. The third kappa shape index (κ3) is 4.51. The molecule has 0 aliphatic carbocycles. The topological polar surface area (TPSA) is 12.5 Å². The van der Waals surface area contributed by atoms with E-state index in [1.165, 1.54) is 5.69 Å². The summed E-state index contributed by atoms with van der Waals surface area (Å²) in [6.45, 7) is 1.48. The molecular formula is C17H19NO. The summed E-state index contributed by atoms with van der Waals surface area (Å²) in [5, 5.41) is 0. The summed E-state index contributed by atoms with van der Waals surface area (Å²) in [6.07, 6.45) is 4.17. The van der Waals surface area contributed by atoms with Crippen molar-refractivity contribution >= 4 is 5.69 Å². The molecule has 0 N–H and O–H groups in total. The molecule has 0 bridgehead atoms. The molecule has 0 atom stereocenters. The van der Waals surface area contributed by atoms with Crippen molar-refractivity contribution in [3.8, 4) is 5.75 Å². The summed E-state index contributed by atoms with van der Waals surface area (Å²) in [4.78, 5) is 2.19. The first-order chi connectivity index (χ1) is 9.36. The van der Waals surface area contributed by atoms with Crippen molar-refractivity contribution in [3.63, 3.8) is 0 Å². The van der Waals surface area contributed by atoms with E-state index in [0.29, 0.717) is 6.61 Å². The van der Waals surface area contributed by atoms with E-state index in [4.69, 9.17) is 4.74 Å². The van der Waals surface area contributed by atoms with E-state index in [9.17, 15) is 0 Å². The molecule has 98 valence electrons. The maximum absolute atomic E-state index is 5.59. The largest absolute Gasteiger partial charge is 0.490 e. The van der Waals surface area contributed by atoms with Crippen LogP contribution in [0.3, 0.4) is 0 Å². The van der Waals surface area contributed by atoms with Crippen LogP contribution in [0.4, 0.5) is 5.69 Å². The zero-order chi connectivity index (χ0) is 13.3. The number of nitrogens with zero attached hydrogens (tertiary/aromatic N) is 1. The quantitative estimate of drug-likeness (QED) is 0.727. The van der Waals surface area contributed by atoms with Crippen molar-refractivity contribution in [3.05, 3.63) is 72.8 Å². The Morgan fingerprint density at radius 1 is 0.895 bits per heavy atom. The lowest BCUT2D eigenvalue weighted by Gasteiger charge is -2.16. The Labute approximate surface area is 114 Å². The van der Waals surface area contributed by atoms with Crippen LogP contribution in [-0.2, 0) is 0 Å². The van der Waals surface area contributed by atoms with Gasteiger partial charge in [0.1, 0.15) is 12.4 Å². The molecule has 0 aromatic heterocycles. The van der Waals surface area contributed by atoms with Gasteiger partial charge in [-0.05, 0) is 30.3 Å². The Kier molecular flexibility index (Phi) is 5.06. The average molecular weight is 253 g/mol. The first kappa shape index (κ1) is 13.2. The fourth-order valence-corrected chi connectivity index (χ4v) is 1.75. The van der Waals surface area contributed by atoms with Gasteiger partial charge in [-0.25, -0.2) is 0 Å². The summed E-state index contributed by atoms with van der Waals surface area (Å²) in [7, 11) is 2.08. The predicted octanol–water partition coefficient (Wildman–Crippen LogP) is 3.76. The molecule has 2 rings (SSSR count). The molecular weight excluding hydrogens is 234 g/mol. The summed E-state index contributed by atoms with van der Waals surface area (Å²) >= 11 is 0. The molecule has 0 aliphatic rings. The molecule has 0 unspecified atom stereocenters. The lowest BCUT2D eigenvalue weighted by Crippen LogP contribution is -2.16. The Bertz CT molecular complexity index is 493. The summed E-state index contributed by atoms with van der Waals surface area (Å²) in [5.41, 5.74) is 1.22. The first-order valence-corrected chi connectivity index (χ1v) is 6.45. The number of para-hydroxylation sites is 2. The zero-order valence-electron chi connectivity index (χ0n) is 11.2. The molecule has 2 heteroatoms. The third-order valence-corrected chi connectivity index (χ3v) is 2.83. The Morgan fingerprint density at radius 3 is 2.21 bits per heavy atom. The predicted molar refractivity (Wildman–Crippen MR) is 80.8 cm³/mol. The molecule has 0 radical (unpaired) electrons. The highest BCUT2D eigenvalue weighted by Crippen LogP contribution is 2.10. The highest BCUT2D eigenvalue weighted by molar-refractivity contribution is 5.45. The van der Waals surface area contributed by atoms with Crippen LogP contribution in [0.25, 0.3) is 0 Å². The minimum Gasteiger partial charge on any atom is -0.490 e. The molecule has 2 nitrogen and oxygen atoms in total. The van der Waals surface area contributed by atoms with Crippen LogP contribution < -0.4 is 9.64 Å². The second-order valence-corrected chi connectivity index (χ2v) is 4.31. The lowest BCUT2D eigenvalue weighted by molar-refractivity contribution is 0.362. The molecule has 0 fully saturated rings. The highest BCUT2D eigenvalue weighted by atomic mass is 16.5. The van der Waals surface area contributed by atoms with E-state index < -0.39 is 0 Å². The van der Waals surface area contributed by atoms with Crippen molar-refractivity contribution in [1.29, 1.82) is 0 Å². The summed E-state index contributed by atoms with van der Waals surface area (Å²) in [5.74, 6) is 0.906. The van der Waals surface area contributed by atoms with Gasteiger partial charge < -0.3 is 9.64 Å². The van der Waals surface area contributed by atoms with Crippen molar-refractivity contribution < 1.29 is 4.74 Å². The standard InChI is InChI=1S/C17H19NO/c1-18(16-10-4-2-5-11-16)14-8-9-15-19-17-12-6-3-7-13-17/h2-13H,14-15H2,1H3/b9-8+. The van der Waals surface area contributed by atoms with E-state index in [1.54, 1.807) is 0 Å². The molecule has 0 saturated carbocycles. The van der Waals surface area contributed by atoms with Gasteiger partial charge in [-0.1, -0.05) is 42.5 Å². The van der Waals surface area contributed by atoms with Crippen molar-refractivity contribution in [2.75, 3.05) is 25.1 Å². The normalized spacial score (nSPS) is 10.6. The number of hydrogen-bond acceptors (Lipinski definition) is 2. The van der Waals surface area contributed by atoms with Gasteiger partial charge in [0.2, 0.25) is 0 Å². The van der Waals surface area contributed by atoms with Crippen LogP contribution in [0.1, 0.15) is 0 Å². The van der Waals surface area contributed by atoms with Gasteiger partial charge in [0.25, 0.3) is 0 Å². The Morgan fingerprint density at radius 2 is 1.53 bits per heavy atom. The van der Waals surface area contributed by atoms with Crippen LogP contribution in [0, 0.1) is 0 Å². The van der Waals surface area contributed by atoms with Crippen molar-refractivity contribution in [2.24, 2.45) is 0 Å². The van der Waals surface area contributed by atoms with Gasteiger partial charge in [-0.3, -0.25) is 0 Å². The van der Waals surface area contributed by atoms with Crippen LogP contribution in [0.5, 0.6) is 5.75 Å². The number of anilines is 1. The highest BCUT2D eigenvalue weighted by Gasteiger charge is 1.95. The van der Waals surface area contributed by atoms with Gasteiger partial charge in [-0.2, -0.15) is 0 Å². The van der Waals surface area contributed by atoms with E-state index >= 15 is 0 Å². The van der Waals surface area contributed by atoms with Crippen LogP contribution in [0.15, 0.2) is 72.8 Å². The lowest BCUT2D eigenvalue weighted by atomic mass is 10.3. The van der Waals surface area contributed by atoms with Crippen LogP contribution >= 0.6 is 0 Å². The smallest absolute Gasteiger partial charge is 0.119 e. The SMILES string of the molecule is CN(C/C=C/COc1ccccc1)c1ccccc1. The minimum atomic E-state index is 0.604. The molecule has 2 aromatic carbocycles. The summed E-state index contributed by atoms with van der Waals surface area (Å²) < 4.78 is 5.59. The van der Waals surface area contributed by atoms with Gasteiger partial charge in [0.05, 0.1) is 0 Å². The monoisotopic (exact) mass is 253 g/mol. The molecule has 19 heavy (non-hydrogen) atoms. The van der Waals surface area contributed by atoms with Crippen molar-refractivity contribution in [1.82, 2.24) is 0 Å². The van der Waals surface area contributed by atoms with E-state index in [0.717, 1.165) is 12.3 Å². The van der Waals surface area contributed by atoms with Gasteiger partial charge in [0.15, 0.2) is 0 Å². The number of hydrogen-bond donors (Lipinski definition) is 0. The zero-order valence-corrected chi connectivity index (χ0v) is 11.2.